The maximum Gasteiger partial charge on any atom is 0.269 e. The van der Waals surface area contributed by atoms with E-state index in [1.807, 2.05) is 13.8 Å². The summed E-state index contributed by atoms with van der Waals surface area (Å²) in [6, 6.07) is 8.16. The van der Waals surface area contributed by atoms with Crippen LogP contribution in [0, 0.1) is 18.8 Å². The van der Waals surface area contributed by atoms with Crippen LogP contribution in [0.3, 0.4) is 0 Å². The highest BCUT2D eigenvalue weighted by molar-refractivity contribution is 7.90. The maximum absolute atomic E-state index is 12.9. The number of rotatable bonds is 6. The minimum atomic E-state index is -3.79. The Labute approximate surface area is 174 Å². The third-order valence-electron chi connectivity index (χ3n) is 5.47. The van der Waals surface area contributed by atoms with Gasteiger partial charge in [-0.15, -0.1) is 0 Å². The summed E-state index contributed by atoms with van der Waals surface area (Å²) in [5.41, 5.74) is 1.57. The molecule has 2 unspecified atom stereocenters. The molecule has 1 aliphatic rings. The van der Waals surface area contributed by atoms with Crippen molar-refractivity contribution < 1.29 is 18.0 Å². The van der Waals surface area contributed by atoms with Crippen LogP contribution in [0.25, 0.3) is 11.2 Å². The summed E-state index contributed by atoms with van der Waals surface area (Å²) in [5, 5.41) is 2.94. The van der Waals surface area contributed by atoms with Gasteiger partial charge in [0.15, 0.2) is 11.4 Å². The van der Waals surface area contributed by atoms with E-state index in [1.54, 1.807) is 30.3 Å². The highest BCUT2D eigenvalue weighted by atomic mass is 32.2. The molecule has 0 spiro atoms. The van der Waals surface area contributed by atoms with Crippen molar-refractivity contribution in [3.63, 3.8) is 0 Å². The van der Waals surface area contributed by atoms with Gasteiger partial charge in [0, 0.05) is 25.0 Å². The van der Waals surface area contributed by atoms with E-state index in [2.05, 4.69) is 15.3 Å². The van der Waals surface area contributed by atoms with Crippen molar-refractivity contribution in [2.45, 2.75) is 31.6 Å². The van der Waals surface area contributed by atoms with Crippen molar-refractivity contribution in [2.24, 2.45) is 11.8 Å². The van der Waals surface area contributed by atoms with Gasteiger partial charge in [0.1, 0.15) is 17.1 Å². The van der Waals surface area contributed by atoms with E-state index in [0.29, 0.717) is 24.2 Å². The number of carbonyl (C=O) groups excluding carboxylic acids is 2. The van der Waals surface area contributed by atoms with E-state index in [1.165, 1.54) is 12.4 Å². The van der Waals surface area contributed by atoms with Crippen LogP contribution in [-0.4, -0.2) is 40.5 Å². The fourth-order valence-electron chi connectivity index (χ4n) is 3.76. The van der Waals surface area contributed by atoms with E-state index in [4.69, 9.17) is 0 Å². The quantitative estimate of drug-likeness (QED) is 0.645. The van der Waals surface area contributed by atoms with Gasteiger partial charge < -0.3 is 5.32 Å². The summed E-state index contributed by atoms with van der Waals surface area (Å²) in [6.45, 7) is 3.85. The summed E-state index contributed by atoms with van der Waals surface area (Å²) < 4.78 is 27.0. The van der Waals surface area contributed by atoms with Gasteiger partial charge in [-0.05, 0) is 31.0 Å². The lowest BCUT2D eigenvalue weighted by Gasteiger charge is -2.13. The Morgan fingerprint density at radius 2 is 1.93 bits per heavy atom. The van der Waals surface area contributed by atoms with Crippen LogP contribution in [0.1, 0.15) is 25.3 Å². The van der Waals surface area contributed by atoms with Gasteiger partial charge in [0.2, 0.25) is 0 Å². The monoisotopic (exact) mass is 426 g/mol. The molecule has 156 valence electrons. The minimum absolute atomic E-state index is 0.0326. The van der Waals surface area contributed by atoms with Gasteiger partial charge in [-0.2, -0.15) is 0 Å². The number of carbonyl (C=O) groups is 2. The highest BCUT2D eigenvalue weighted by Gasteiger charge is 2.34. The van der Waals surface area contributed by atoms with Gasteiger partial charge in [-0.3, -0.25) is 9.59 Å². The van der Waals surface area contributed by atoms with Crippen molar-refractivity contribution in [2.75, 3.05) is 11.9 Å². The number of anilines is 1. The van der Waals surface area contributed by atoms with Crippen LogP contribution in [0.5, 0.6) is 0 Å². The van der Waals surface area contributed by atoms with Crippen LogP contribution in [0.2, 0.25) is 0 Å². The van der Waals surface area contributed by atoms with E-state index >= 15 is 0 Å². The third kappa shape index (κ3) is 3.72. The van der Waals surface area contributed by atoms with Crippen LogP contribution < -0.4 is 5.32 Å². The first-order valence-electron chi connectivity index (χ1n) is 9.70. The number of hydrogen-bond acceptors (Lipinski definition) is 7. The molecule has 9 heteroatoms. The Hall–Kier alpha value is -3.07. The average molecular weight is 426 g/mol. The third-order valence-corrected chi connectivity index (χ3v) is 7.16. The van der Waals surface area contributed by atoms with E-state index in [0.717, 1.165) is 9.54 Å². The molecule has 0 aliphatic heterocycles. The molecule has 1 aromatic carbocycles. The number of nitrogens with zero attached hydrogens (tertiary/aromatic N) is 3. The zero-order chi connectivity index (χ0) is 21.5. The number of Topliss-reactive ketones (excluding diaryl/α,β-unsaturated/α-hetero) is 2. The van der Waals surface area contributed by atoms with E-state index in [-0.39, 0.29) is 40.5 Å². The molecule has 0 radical (unpaired) electrons. The van der Waals surface area contributed by atoms with Crippen molar-refractivity contribution in [1.29, 1.82) is 0 Å². The molecule has 1 saturated carbocycles. The molecule has 1 N–H and O–H groups in total. The number of benzene rings is 1. The fraction of sp³-hybridized carbons (Fsp3) is 0.333. The summed E-state index contributed by atoms with van der Waals surface area (Å²) in [4.78, 5) is 32.7. The summed E-state index contributed by atoms with van der Waals surface area (Å²) in [6.07, 6.45) is 3.57. The van der Waals surface area contributed by atoms with Crippen molar-refractivity contribution in [3.05, 3.63) is 48.3 Å². The average Bonchev–Trinajstić information content (AvgIpc) is 3.29. The lowest BCUT2D eigenvalue weighted by molar-refractivity contribution is -0.124. The number of aryl methyl sites for hydroxylation is 1. The van der Waals surface area contributed by atoms with E-state index < -0.39 is 10.0 Å². The SMILES string of the molecule is Cc1ccc(S(=O)(=O)n2ccc3nc(NCC(=O)C4CC(=O)CC4C)cnc32)cc1. The van der Waals surface area contributed by atoms with Gasteiger partial charge in [0.05, 0.1) is 17.6 Å². The largest absolute Gasteiger partial charge is 0.362 e. The predicted octanol–water partition coefficient (Wildman–Crippen LogP) is 2.57. The second-order valence-electron chi connectivity index (χ2n) is 7.74. The summed E-state index contributed by atoms with van der Waals surface area (Å²) in [7, 11) is -3.79. The number of fused-ring (bicyclic) bond motifs is 1. The molecule has 2 heterocycles. The maximum atomic E-state index is 12.9. The molecule has 1 aliphatic carbocycles. The molecular weight excluding hydrogens is 404 g/mol. The first kappa shape index (κ1) is 20.2. The smallest absolute Gasteiger partial charge is 0.269 e. The van der Waals surface area contributed by atoms with Crippen LogP contribution in [0.15, 0.2) is 47.6 Å². The highest BCUT2D eigenvalue weighted by Crippen LogP contribution is 2.29. The molecule has 0 bridgehead atoms. The van der Waals surface area contributed by atoms with Crippen LogP contribution >= 0.6 is 0 Å². The first-order valence-corrected chi connectivity index (χ1v) is 11.1. The zero-order valence-electron chi connectivity index (χ0n) is 16.7. The molecule has 1 fully saturated rings. The lowest BCUT2D eigenvalue weighted by atomic mass is 9.93. The first-order chi connectivity index (χ1) is 14.3. The molecule has 0 amide bonds. The molecule has 30 heavy (non-hydrogen) atoms. The number of nitrogens with one attached hydrogen (secondary N) is 1. The summed E-state index contributed by atoms with van der Waals surface area (Å²) >= 11 is 0. The number of aromatic nitrogens is 3. The Morgan fingerprint density at radius 3 is 2.60 bits per heavy atom. The molecular formula is C21H22N4O4S. The molecule has 2 aromatic heterocycles. The van der Waals surface area contributed by atoms with Crippen molar-refractivity contribution in [3.8, 4) is 0 Å². The standard InChI is InChI=1S/C21H22N4O4S/c1-13-3-5-16(6-4-13)30(28,29)25-8-7-18-21(25)23-12-20(24-18)22-11-19(27)17-10-15(26)9-14(17)2/h3-8,12,14,17H,9-11H2,1-2H3,(H,22,24). The van der Waals surface area contributed by atoms with Crippen molar-refractivity contribution >= 4 is 38.6 Å². The normalized spacial score (nSPS) is 19.3. The Kier molecular flexibility index (Phi) is 5.15. The second kappa shape index (κ2) is 7.64. The Bertz CT molecular complexity index is 1230. The second-order valence-corrected chi connectivity index (χ2v) is 9.56. The van der Waals surface area contributed by atoms with E-state index in [9.17, 15) is 18.0 Å². The topological polar surface area (TPSA) is 111 Å². The van der Waals surface area contributed by atoms with Gasteiger partial charge in [-0.1, -0.05) is 24.6 Å². The fourth-order valence-corrected chi connectivity index (χ4v) is 5.06. The minimum Gasteiger partial charge on any atom is -0.362 e. The molecule has 2 atom stereocenters. The van der Waals surface area contributed by atoms with Crippen molar-refractivity contribution in [1.82, 2.24) is 13.9 Å². The Morgan fingerprint density at radius 1 is 1.20 bits per heavy atom. The molecule has 0 saturated heterocycles. The zero-order valence-corrected chi connectivity index (χ0v) is 17.5. The van der Waals surface area contributed by atoms with Gasteiger partial charge >= 0.3 is 0 Å². The molecule has 4 rings (SSSR count). The summed E-state index contributed by atoms with van der Waals surface area (Å²) in [5.74, 6) is 0.259. The number of hydrogen-bond donors (Lipinski definition) is 1. The van der Waals surface area contributed by atoms with Crippen LogP contribution in [-0.2, 0) is 19.6 Å². The molecule has 8 nitrogen and oxygen atoms in total. The predicted molar refractivity (Wildman–Crippen MR) is 112 cm³/mol. The van der Waals surface area contributed by atoms with Gasteiger partial charge in [-0.25, -0.2) is 22.4 Å². The number of ketones is 2. The lowest BCUT2D eigenvalue weighted by Crippen LogP contribution is -2.25. The molecule has 3 aromatic rings. The van der Waals surface area contributed by atoms with Crippen LogP contribution in [0.4, 0.5) is 5.82 Å². The Balaban J connectivity index is 1.53. The van der Waals surface area contributed by atoms with Gasteiger partial charge in [0.25, 0.3) is 10.0 Å².